The fraction of sp³-hybridized carbons (Fsp3) is 0.571. The second kappa shape index (κ2) is 6.99. The number of hydrogen-bond acceptors (Lipinski definition) is 3. The number of hydrogen-bond donors (Lipinski definition) is 0. The molecule has 2 heterocycles. The van der Waals surface area contributed by atoms with E-state index in [4.69, 9.17) is 16.3 Å². The molecular weight excluding hydrogens is 283 g/mol. The van der Waals surface area contributed by atoms with Crippen molar-refractivity contribution in [2.75, 3.05) is 19.7 Å². The molecule has 20 heavy (non-hydrogen) atoms. The van der Waals surface area contributed by atoms with Crippen molar-refractivity contribution in [2.24, 2.45) is 0 Å². The fourth-order valence-corrected chi connectivity index (χ4v) is 2.47. The number of ether oxygens (including phenoxy) is 1. The lowest BCUT2D eigenvalue weighted by Gasteiger charge is -2.32. The molecule has 6 heteroatoms. The number of carbonyl (C=O) groups is 1. The Hall–Kier alpha value is -1.20. The van der Waals surface area contributed by atoms with Crippen LogP contribution in [0, 0.1) is 5.82 Å². The number of amides is 1. The van der Waals surface area contributed by atoms with E-state index in [1.807, 2.05) is 6.92 Å². The van der Waals surface area contributed by atoms with Crippen LogP contribution in [0.3, 0.4) is 0 Å². The van der Waals surface area contributed by atoms with Gasteiger partial charge in [0.2, 0.25) is 0 Å². The van der Waals surface area contributed by atoms with Gasteiger partial charge in [-0.1, -0.05) is 18.5 Å². The number of aromatic nitrogens is 1. The molecule has 0 spiro atoms. The van der Waals surface area contributed by atoms with E-state index < -0.39 is 5.82 Å². The lowest BCUT2D eigenvalue weighted by Crippen LogP contribution is -2.43. The fourth-order valence-electron chi connectivity index (χ4n) is 2.29. The third-order valence-corrected chi connectivity index (χ3v) is 3.56. The molecular formula is C14H18ClFN2O2. The van der Waals surface area contributed by atoms with E-state index in [9.17, 15) is 9.18 Å². The van der Waals surface area contributed by atoms with Gasteiger partial charge in [-0.25, -0.2) is 9.37 Å². The maximum absolute atomic E-state index is 13.2. The Kier molecular flexibility index (Phi) is 5.31. The van der Waals surface area contributed by atoms with Crippen molar-refractivity contribution in [3.8, 4) is 0 Å². The summed E-state index contributed by atoms with van der Waals surface area (Å²) in [4.78, 5) is 17.7. The molecule has 110 valence electrons. The highest BCUT2D eigenvalue weighted by atomic mass is 35.5. The first-order valence-corrected chi connectivity index (χ1v) is 7.21. The summed E-state index contributed by atoms with van der Waals surface area (Å²) in [6.07, 6.45) is 3.82. The lowest BCUT2D eigenvalue weighted by molar-refractivity contribution is 0.00209. The third kappa shape index (κ3) is 3.67. The molecule has 0 saturated carbocycles. The summed E-state index contributed by atoms with van der Waals surface area (Å²) in [6.45, 7) is 3.89. The van der Waals surface area contributed by atoms with Crippen LogP contribution in [0.25, 0.3) is 0 Å². The molecule has 1 amide bonds. The first-order chi connectivity index (χ1) is 9.61. The summed E-state index contributed by atoms with van der Waals surface area (Å²) in [5, 5.41) is 0.0352. The Morgan fingerprint density at radius 1 is 1.65 bits per heavy atom. The molecule has 1 aliphatic heterocycles. The second-order valence-corrected chi connectivity index (χ2v) is 5.24. The third-order valence-electron chi connectivity index (χ3n) is 3.26. The Morgan fingerprint density at radius 2 is 2.45 bits per heavy atom. The average molecular weight is 301 g/mol. The van der Waals surface area contributed by atoms with Crippen LogP contribution in [0.1, 0.15) is 36.5 Å². The van der Waals surface area contributed by atoms with E-state index in [0.29, 0.717) is 19.7 Å². The quantitative estimate of drug-likeness (QED) is 0.803. The molecule has 1 saturated heterocycles. The van der Waals surface area contributed by atoms with Crippen LogP contribution in [0.2, 0.25) is 5.15 Å². The maximum atomic E-state index is 13.2. The lowest BCUT2D eigenvalue weighted by atomic mass is 10.1. The number of nitrogens with zero attached hydrogens (tertiary/aromatic N) is 2. The Bertz CT molecular complexity index is 484. The number of carbonyl (C=O) groups excluding carboxylic acids is 1. The van der Waals surface area contributed by atoms with Crippen LogP contribution in [0.15, 0.2) is 12.3 Å². The van der Waals surface area contributed by atoms with E-state index in [-0.39, 0.29) is 22.7 Å². The van der Waals surface area contributed by atoms with Gasteiger partial charge in [0.05, 0.1) is 17.9 Å². The molecule has 0 aromatic carbocycles. The smallest absolute Gasteiger partial charge is 0.257 e. The summed E-state index contributed by atoms with van der Waals surface area (Å²) in [5.41, 5.74) is 0.114. The van der Waals surface area contributed by atoms with Crippen molar-refractivity contribution in [1.82, 2.24) is 9.88 Å². The number of piperidine rings is 1. The zero-order valence-electron chi connectivity index (χ0n) is 11.4. The van der Waals surface area contributed by atoms with Crippen molar-refractivity contribution in [3.05, 3.63) is 28.8 Å². The summed E-state index contributed by atoms with van der Waals surface area (Å²) in [7, 11) is 0. The molecule has 4 nitrogen and oxygen atoms in total. The van der Waals surface area contributed by atoms with Crippen LogP contribution < -0.4 is 0 Å². The Morgan fingerprint density at radius 3 is 3.20 bits per heavy atom. The first-order valence-electron chi connectivity index (χ1n) is 6.83. The molecule has 2 rings (SSSR count). The molecule has 1 aliphatic rings. The van der Waals surface area contributed by atoms with Crippen LogP contribution in [-0.2, 0) is 4.74 Å². The van der Waals surface area contributed by atoms with Gasteiger partial charge < -0.3 is 9.64 Å². The minimum atomic E-state index is -0.562. The van der Waals surface area contributed by atoms with Crippen molar-refractivity contribution in [1.29, 1.82) is 0 Å². The molecule has 1 aromatic heterocycles. The summed E-state index contributed by atoms with van der Waals surface area (Å²) >= 11 is 5.87. The number of rotatable bonds is 4. The standard InChI is InChI=1S/C14H18ClFN2O2/c1-2-6-20-11-4-3-5-18(9-11)14(19)12-7-10(16)8-17-13(12)15/h7-8,11H,2-6,9H2,1H3. The predicted octanol–water partition coefficient (Wildman–Crippen LogP) is 2.91. The summed E-state index contributed by atoms with van der Waals surface area (Å²) in [6, 6.07) is 1.13. The average Bonchev–Trinajstić information content (AvgIpc) is 2.47. The van der Waals surface area contributed by atoms with E-state index in [2.05, 4.69) is 4.98 Å². The van der Waals surface area contributed by atoms with Crippen molar-refractivity contribution >= 4 is 17.5 Å². The SMILES string of the molecule is CCCOC1CCCN(C(=O)c2cc(F)cnc2Cl)C1. The highest BCUT2D eigenvalue weighted by Crippen LogP contribution is 2.20. The molecule has 1 aromatic rings. The Labute approximate surface area is 122 Å². The van der Waals surface area contributed by atoms with Crippen LogP contribution in [-0.4, -0.2) is 41.6 Å². The normalized spacial score (nSPS) is 19.1. The van der Waals surface area contributed by atoms with E-state index in [1.54, 1.807) is 4.90 Å². The van der Waals surface area contributed by atoms with Gasteiger partial charge in [-0.05, 0) is 25.3 Å². The second-order valence-electron chi connectivity index (χ2n) is 4.88. The van der Waals surface area contributed by atoms with Crippen LogP contribution in [0.5, 0.6) is 0 Å². The monoisotopic (exact) mass is 300 g/mol. The van der Waals surface area contributed by atoms with E-state index in [0.717, 1.165) is 31.5 Å². The Balaban J connectivity index is 2.06. The van der Waals surface area contributed by atoms with Gasteiger partial charge in [0.25, 0.3) is 5.91 Å². The van der Waals surface area contributed by atoms with Gasteiger partial charge in [-0.3, -0.25) is 4.79 Å². The van der Waals surface area contributed by atoms with Crippen LogP contribution in [0.4, 0.5) is 4.39 Å². The van der Waals surface area contributed by atoms with Gasteiger partial charge in [-0.15, -0.1) is 0 Å². The number of halogens is 2. The molecule has 0 bridgehead atoms. The van der Waals surface area contributed by atoms with Crippen molar-refractivity contribution in [2.45, 2.75) is 32.3 Å². The number of pyridine rings is 1. The topological polar surface area (TPSA) is 42.4 Å². The molecule has 0 radical (unpaired) electrons. The van der Waals surface area contributed by atoms with Crippen LogP contribution >= 0.6 is 11.6 Å². The minimum absolute atomic E-state index is 0.0352. The van der Waals surface area contributed by atoms with E-state index in [1.165, 1.54) is 0 Å². The van der Waals surface area contributed by atoms with Gasteiger partial charge in [0.1, 0.15) is 11.0 Å². The molecule has 1 atom stereocenters. The zero-order chi connectivity index (χ0) is 14.5. The summed E-state index contributed by atoms with van der Waals surface area (Å²) in [5.74, 6) is -0.847. The summed E-state index contributed by atoms with van der Waals surface area (Å²) < 4.78 is 18.9. The molecule has 0 N–H and O–H groups in total. The van der Waals surface area contributed by atoms with Crippen molar-refractivity contribution in [3.63, 3.8) is 0 Å². The van der Waals surface area contributed by atoms with E-state index >= 15 is 0 Å². The van der Waals surface area contributed by atoms with Gasteiger partial charge >= 0.3 is 0 Å². The maximum Gasteiger partial charge on any atom is 0.257 e. The van der Waals surface area contributed by atoms with Gasteiger partial charge in [-0.2, -0.15) is 0 Å². The first kappa shape index (κ1) is 15.2. The molecule has 1 unspecified atom stereocenters. The highest BCUT2D eigenvalue weighted by Gasteiger charge is 2.26. The van der Waals surface area contributed by atoms with Gasteiger partial charge in [0, 0.05) is 19.7 Å². The highest BCUT2D eigenvalue weighted by molar-refractivity contribution is 6.32. The molecule has 0 aliphatic carbocycles. The predicted molar refractivity (Wildman–Crippen MR) is 74.4 cm³/mol. The minimum Gasteiger partial charge on any atom is -0.376 e. The molecule has 1 fully saturated rings. The largest absolute Gasteiger partial charge is 0.376 e. The number of likely N-dealkylation sites (tertiary alicyclic amines) is 1. The van der Waals surface area contributed by atoms with Crippen molar-refractivity contribution < 1.29 is 13.9 Å². The van der Waals surface area contributed by atoms with Gasteiger partial charge in [0.15, 0.2) is 0 Å². The zero-order valence-corrected chi connectivity index (χ0v) is 12.2.